The van der Waals surface area contributed by atoms with Gasteiger partial charge in [0, 0.05) is 5.02 Å². The van der Waals surface area contributed by atoms with Crippen LogP contribution in [0.3, 0.4) is 0 Å². The molecule has 5 atom stereocenters. The van der Waals surface area contributed by atoms with E-state index in [1.165, 1.54) is 6.42 Å². The molecule has 0 aromatic heterocycles. The molecule has 1 saturated heterocycles. The first kappa shape index (κ1) is 21.6. The van der Waals surface area contributed by atoms with Gasteiger partial charge in [0.2, 0.25) is 0 Å². The molecule has 6 nitrogen and oxygen atoms in total. The lowest BCUT2D eigenvalue weighted by Gasteiger charge is -2.40. The number of halogens is 1. The van der Waals surface area contributed by atoms with Gasteiger partial charge in [0.25, 0.3) is 0 Å². The summed E-state index contributed by atoms with van der Waals surface area (Å²) in [6, 6.07) is 13.2. The third-order valence-electron chi connectivity index (χ3n) is 5.96. The molecule has 1 saturated carbocycles. The summed E-state index contributed by atoms with van der Waals surface area (Å²) >= 11 is 6.40. The van der Waals surface area contributed by atoms with E-state index in [0.717, 1.165) is 29.7 Å². The molecule has 0 spiro atoms. The van der Waals surface area contributed by atoms with Crippen molar-refractivity contribution in [1.29, 1.82) is 0 Å². The third kappa shape index (κ3) is 4.49. The number of aliphatic hydroxyl groups is 4. The normalized spacial score (nSPS) is 29.4. The largest absolute Gasteiger partial charge is 0.490 e. The molecular formula is C23H27ClO6. The Hall–Kier alpha value is -1.67. The molecule has 2 aliphatic rings. The first-order valence-corrected chi connectivity index (χ1v) is 10.7. The average Bonchev–Trinajstić information content (AvgIpc) is 2.72. The highest BCUT2D eigenvalue weighted by atomic mass is 35.5. The van der Waals surface area contributed by atoms with Crippen LogP contribution in [0.4, 0.5) is 0 Å². The van der Waals surface area contributed by atoms with E-state index >= 15 is 0 Å². The van der Waals surface area contributed by atoms with E-state index in [1.54, 1.807) is 12.1 Å². The number of rotatable bonds is 6. The summed E-state index contributed by atoms with van der Waals surface area (Å²) in [7, 11) is 0. The predicted octanol–water partition coefficient (Wildman–Crippen LogP) is 2.38. The minimum atomic E-state index is -1.41. The zero-order valence-electron chi connectivity index (χ0n) is 16.5. The fourth-order valence-corrected chi connectivity index (χ4v) is 4.06. The van der Waals surface area contributed by atoms with Crippen molar-refractivity contribution >= 4 is 11.6 Å². The summed E-state index contributed by atoms with van der Waals surface area (Å²) in [6.45, 7) is -0.461. The average molecular weight is 435 g/mol. The van der Waals surface area contributed by atoms with Crippen molar-refractivity contribution < 1.29 is 29.9 Å². The number of benzene rings is 2. The van der Waals surface area contributed by atoms with Gasteiger partial charge in [-0.1, -0.05) is 35.9 Å². The third-order valence-corrected chi connectivity index (χ3v) is 6.33. The van der Waals surface area contributed by atoms with E-state index < -0.39 is 37.1 Å². The molecule has 1 aliphatic heterocycles. The Bertz CT molecular complexity index is 851. The predicted molar refractivity (Wildman–Crippen MR) is 112 cm³/mol. The van der Waals surface area contributed by atoms with Crippen LogP contribution in [0, 0.1) is 0 Å². The van der Waals surface area contributed by atoms with Crippen LogP contribution in [0.5, 0.6) is 5.75 Å². The molecule has 4 N–H and O–H groups in total. The molecule has 1 heterocycles. The van der Waals surface area contributed by atoms with Crippen LogP contribution in [0.1, 0.15) is 42.1 Å². The molecule has 2 fully saturated rings. The SMILES string of the molecule is OC[C@H]1O[C@@H](c2ccc(Cl)c(Cc3ccc(OC4CCC4)cc3)c2)[C@H](O)C(O)[C@@H]1O. The fourth-order valence-electron chi connectivity index (χ4n) is 3.87. The Labute approximate surface area is 180 Å². The maximum absolute atomic E-state index is 10.4. The number of aliphatic hydroxyl groups excluding tert-OH is 4. The van der Waals surface area contributed by atoms with Crippen LogP contribution in [-0.2, 0) is 11.2 Å². The minimum Gasteiger partial charge on any atom is -0.490 e. The molecule has 1 unspecified atom stereocenters. The smallest absolute Gasteiger partial charge is 0.119 e. The highest BCUT2D eigenvalue weighted by Gasteiger charge is 2.44. The van der Waals surface area contributed by atoms with Crippen molar-refractivity contribution in [2.24, 2.45) is 0 Å². The van der Waals surface area contributed by atoms with Crippen molar-refractivity contribution in [1.82, 2.24) is 0 Å². The second-order valence-corrected chi connectivity index (χ2v) is 8.50. The van der Waals surface area contributed by atoms with Crippen LogP contribution in [0.15, 0.2) is 42.5 Å². The summed E-state index contributed by atoms with van der Waals surface area (Å²) in [4.78, 5) is 0. The maximum atomic E-state index is 10.4. The van der Waals surface area contributed by atoms with Crippen LogP contribution in [0.25, 0.3) is 0 Å². The van der Waals surface area contributed by atoms with E-state index in [4.69, 9.17) is 21.1 Å². The van der Waals surface area contributed by atoms with E-state index in [1.807, 2.05) is 30.3 Å². The second-order valence-electron chi connectivity index (χ2n) is 8.09. The van der Waals surface area contributed by atoms with E-state index in [0.29, 0.717) is 23.1 Å². The highest BCUT2D eigenvalue weighted by Crippen LogP contribution is 2.34. The zero-order valence-corrected chi connectivity index (χ0v) is 17.3. The molecular weight excluding hydrogens is 408 g/mol. The molecule has 2 aromatic carbocycles. The standard InChI is InChI=1S/C23H27ClO6/c24-18-9-6-14(23-22(28)21(27)20(26)19(12-25)30-23)11-15(18)10-13-4-7-17(8-5-13)29-16-2-1-3-16/h4-9,11,16,19-23,25-28H,1-3,10,12H2/t19-,20-,21?,22-,23+/m1/s1. The van der Waals surface area contributed by atoms with Crippen molar-refractivity contribution in [3.05, 3.63) is 64.2 Å². The molecule has 30 heavy (non-hydrogen) atoms. The number of ether oxygens (including phenoxy) is 2. The minimum absolute atomic E-state index is 0.334. The van der Waals surface area contributed by atoms with Gasteiger partial charge in [-0.3, -0.25) is 0 Å². The van der Waals surface area contributed by atoms with Gasteiger partial charge < -0.3 is 29.9 Å². The Morgan fingerprint density at radius 2 is 1.70 bits per heavy atom. The van der Waals surface area contributed by atoms with Crippen LogP contribution in [0.2, 0.25) is 5.02 Å². The Morgan fingerprint density at radius 1 is 0.967 bits per heavy atom. The fraction of sp³-hybridized carbons (Fsp3) is 0.478. The summed E-state index contributed by atoms with van der Waals surface area (Å²) in [6.07, 6.45) is -1.58. The first-order chi connectivity index (χ1) is 14.5. The molecule has 1 aliphatic carbocycles. The Balaban J connectivity index is 1.50. The van der Waals surface area contributed by atoms with Crippen molar-refractivity contribution in [2.75, 3.05) is 6.61 Å². The second kappa shape index (κ2) is 9.22. The van der Waals surface area contributed by atoms with Crippen LogP contribution >= 0.6 is 11.6 Å². The molecule has 0 radical (unpaired) electrons. The Kier molecular flexibility index (Phi) is 6.63. The van der Waals surface area contributed by atoms with Crippen molar-refractivity contribution in [3.63, 3.8) is 0 Å². The number of hydrogen-bond donors (Lipinski definition) is 4. The highest BCUT2D eigenvalue weighted by molar-refractivity contribution is 6.31. The molecule has 2 aromatic rings. The van der Waals surface area contributed by atoms with Gasteiger partial charge in [-0.25, -0.2) is 0 Å². The van der Waals surface area contributed by atoms with Gasteiger partial charge in [-0.05, 0) is 60.6 Å². The van der Waals surface area contributed by atoms with E-state index in [9.17, 15) is 20.4 Å². The van der Waals surface area contributed by atoms with Crippen molar-refractivity contribution in [3.8, 4) is 5.75 Å². The topological polar surface area (TPSA) is 99.4 Å². The quantitative estimate of drug-likeness (QED) is 0.557. The lowest BCUT2D eigenvalue weighted by Crippen LogP contribution is -2.55. The zero-order chi connectivity index (χ0) is 21.3. The summed E-state index contributed by atoms with van der Waals surface area (Å²) < 4.78 is 11.6. The van der Waals surface area contributed by atoms with Gasteiger partial charge in [0.05, 0.1) is 12.7 Å². The number of hydrogen-bond acceptors (Lipinski definition) is 6. The summed E-state index contributed by atoms with van der Waals surface area (Å²) in [5.41, 5.74) is 2.53. The maximum Gasteiger partial charge on any atom is 0.119 e. The summed E-state index contributed by atoms with van der Waals surface area (Å²) in [5.74, 6) is 0.865. The van der Waals surface area contributed by atoms with E-state index in [-0.39, 0.29) is 0 Å². The lowest BCUT2D eigenvalue weighted by atomic mass is 9.90. The van der Waals surface area contributed by atoms with Gasteiger partial charge in [-0.2, -0.15) is 0 Å². The monoisotopic (exact) mass is 434 g/mol. The van der Waals surface area contributed by atoms with Gasteiger partial charge in [0.1, 0.15) is 36.3 Å². The van der Waals surface area contributed by atoms with Crippen LogP contribution < -0.4 is 4.74 Å². The molecule has 7 heteroatoms. The summed E-state index contributed by atoms with van der Waals surface area (Å²) in [5, 5.41) is 40.4. The molecule has 0 bridgehead atoms. The lowest BCUT2D eigenvalue weighted by molar-refractivity contribution is -0.231. The van der Waals surface area contributed by atoms with Gasteiger partial charge >= 0.3 is 0 Å². The molecule has 0 amide bonds. The first-order valence-electron chi connectivity index (χ1n) is 10.3. The van der Waals surface area contributed by atoms with Crippen LogP contribution in [-0.4, -0.2) is 57.6 Å². The molecule has 162 valence electrons. The van der Waals surface area contributed by atoms with Crippen molar-refractivity contribution in [2.45, 2.75) is 62.3 Å². The van der Waals surface area contributed by atoms with Gasteiger partial charge in [-0.15, -0.1) is 0 Å². The van der Waals surface area contributed by atoms with E-state index in [2.05, 4.69) is 0 Å². The van der Waals surface area contributed by atoms with Gasteiger partial charge in [0.15, 0.2) is 0 Å². The molecule has 4 rings (SSSR count). The Morgan fingerprint density at radius 3 is 2.33 bits per heavy atom.